The van der Waals surface area contributed by atoms with Gasteiger partial charge in [0.1, 0.15) is 0 Å². The molecule has 4 aromatic carbocycles. The number of hydrogen-bond donors (Lipinski definition) is 0. The standard InChI is InChI=1S/4C18H28O2.Pb/c4*1-2-3-4-5-6-7-8-9-10-13-16-14-11-12-15-17(16)18(19)20;/h4*11-12,14-15H,2-10,13H2,1H3,(H,19,20);/p-4. The minimum atomic E-state index is -1.06. The fraction of sp³-hybridized carbons (Fsp3) is 0.611. The maximum atomic E-state index is 11.0. The summed E-state index contributed by atoms with van der Waals surface area (Å²) in [5.74, 6) is -4.24. The number of benzene rings is 4. The van der Waals surface area contributed by atoms with Crippen LogP contribution in [-0.4, -0.2) is 51.2 Å². The first-order chi connectivity index (χ1) is 39.0. The molecule has 0 unspecified atom stereocenters. The molecule has 0 aromatic heterocycles. The van der Waals surface area contributed by atoms with Gasteiger partial charge in [-0.3, -0.25) is 0 Å². The SMILES string of the molecule is CCCCCCCCCCCc1ccccc1C(=O)[O-].CCCCCCCCCCCc1ccccc1C(=O)[O-].CCCCCCCCCCCc1ccccc1C(=O)[O-].CCCCCCCCCCCc1ccccc1C(=O)[O-].[Pb]. The van der Waals surface area contributed by atoms with Crippen molar-refractivity contribution in [1.29, 1.82) is 0 Å². The van der Waals surface area contributed by atoms with Crippen LogP contribution < -0.4 is 20.4 Å². The summed E-state index contributed by atoms with van der Waals surface area (Å²) in [4.78, 5) is 43.9. The van der Waals surface area contributed by atoms with Gasteiger partial charge in [0.2, 0.25) is 0 Å². The molecule has 452 valence electrons. The van der Waals surface area contributed by atoms with Gasteiger partial charge in [0, 0.05) is 49.6 Å². The van der Waals surface area contributed by atoms with E-state index in [1.165, 1.54) is 205 Å². The van der Waals surface area contributed by atoms with Crippen LogP contribution >= 0.6 is 0 Å². The molecule has 0 atom stereocenters. The van der Waals surface area contributed by atoms with Gasteiger partial charge in [0.05, 0.1) is 23.9 Å². The van der Waals surface area contributed by atoms with Gasteiger partial charge in [-0.15, -0.1) is 0 Å². The number of rotatable bonds is 44. The van der Waals surface area contributed by atoms with Crippen molar-refractivity contribution in [2.75, 3.05) is 0 Å². The van der Waals surface area contributed by atoms with Crippen molar-refractivity contribution in [3.63, 3.8) is 0 Å². The number of unbranched alkanes of at least 4 members (excludes halogenated alkanes) is 32. The van der Waals surface area contributed by atoms with Gasteiger partial charge >= 0.3 is 0 Å². The Balaban J connectivity index is 0.00000105. The maximum absolute atomic E-state index is 11.0. The van der Waals surface area contributed by atoms with Crippen LogP contribution in [0, 0.1) is 0 Å². The molecule has 8 nitrogen and oxygen atoms in total. The van der Waals surface area contributed by atoms with Crippen LogP contribution in [0.3, 0.4) is 0 Å². The predicted molar refractivity (Wildman–Crippen MR) is 333 cm³/mol. The minimum Gasteiger partial charge on any atom is -0.545 e. The number of aryl methyl sites for hydroxylation is 4. The molecule has 0 saturated carbocycles. The molecule has 81 heavy (non-hydrogen) atoms. The van der Waals surface area contributed by atoms with Crippen molar-refractivity contribution < 1.29 is 39.6 Å². The van der Waals surface area contributed by atoms with Crippen molar-refractivity contribution in [2.24, 2.45) is 0 Å². The molecular formula is C72H108O8Pb-4. The van der Waals surface area contributed by atoms with Crippen LogP contribution in [0.25, 0.3) is 0 Å². The van der Waals surface area contributed by atoms with Crippen LogP contribution in [0.15, 0.2) is 97.1 Å². The predicted octanol–water partition coefficient (Wildman–Crippen LogP) is 16.1. The Hall–Kier alpha value is -4.32. The molecule has 4 radical (unpaired) electrons. The molecule has 0 saturated heterocycles. The molecule has 0 amide bonds. The van der Waals surface area contributed by atoms with E-state index in [9.17, 15) is 39.6 Å². The number of hydrogen-bond acceptors (Lipinski definition) is 8. The first kappa shape index (κ1) is 76.7. The molecule has 0 aliphatic heterocycles. The Kier molecular flexibility index (Phi) is 52.0. The van der Waals surface area contributed by atoms with Crippen LogP contribution in [-0.2, 0) is 25.7 Å². The topological polar surface area (TPSA) is 161 Å². The van der Waals surface area contributed by atoms with Gasteiger partial charge in [0.15, 0.2) is 0 Å². The molecular weight excluding hydrogens is 1200 g/mol. The van der Waals surface area contributed by atoms with E-state index >= 15 is 0 Å². The Morgan fingerprint density at radius 2 is 0.370 bits per heavy atom. The molecule has 0 aliphatic carbocycles. The molecule has 0 heterocycles. The Labute approximate surface area is 513 Å². The molecule has 9 heteroatoms. The quantitative estimate of drug-likeness (QED) is 0.0312. The molecule has 4 aromatic rings. The van der Waals surface area contributed by atoms with Crippen LogP contribution in [0.4, 0.5) is 0 Å². The van der Waals surface area contributed by atoms with E-state index in [-0.39, 0.29) is 27.3 Å². The summed E-state index contributed by atoms with van der Waals surface area (Å²) < 4.78 is 0. The van der Waals surface area contributed by atoms with Gasteiger partial charge < -0.3 is 39.6 Å². The van der Waals surface area contributed by atoms with Crippen molar-refractivity contribution in [2.45, 2.75) is 285 Å². The van der Waals surface area contributed by atoms with E-state index in [1.807, 2.05) is 48.5 Å². The second-order valence-corrected chi connectivity index (χ2v) is 22.1. The summed E-state index contributed by atoms with van der Waals surface area (Å²) in [6, 6.07) is 28.8. The van der Waals surface area contributed by atoms with Gasteiger partial charge in [-0.1, -0.05) is 330 Å². The number of aromatic carboxylic acids is 4. The van der Waals surface area contributed by atoms with Gasteiger partial charge in [-0.2, -0.15) is 0 Å². The van der Waals surface area contributed by atoms with Crippen molar-refractivity contribution in [1.82, 2.24) is 0 Å². The summed E-state index contributed by atoms with van der Waals surface area (Å²) in [5, 5.41) is 43.9. The summed E-state index contributed by atoms with van der Waals surface area (Å²) in [6.07, 6.45) is 49.7. The number of carbonyl (C=O) groups is 4. The third-order valence-electron chi connectivity index (χ3n) is 15.1. The second kappa shape index (κ2) is 54.9. The van der Waals surface area contributed by atoms with E-state index < -0.39 is 23.9 Å². The summed E-state index contributed by atoms with van der Waals surface area (Å²) >= 11 is 0. The van der Waals surface area contributed by atoms with Gasteiger partial charge in [0.25, 0.3) is 0 Å². The van der Waals surface area contributed by atoms with E-state index in [1.54, 1.807) is 48.5 Å². The molecule has 0 N–H and O–H groups in total. The fourth-order valence-corrected chi connectivity index (χ4v) is 10.3. The Morgan fingerprint density at radius 1 is 0.235 bits per heavy atom. The molecule has 0 spiro atoms. The smallest absolute Gasteiger partial charge is 0.0718 e. The van der Waals surface area contributed by atoms with Crippen LogP contribution in [0.1, 0.15) is 323 Å². The van der Waals surface area contributed by atoms with Crippen molar-refractivity contribution in [3.8, 4) is 0 Å². The maximum Gasteiger partial charge on any atom is 0.0718 e. The van der Waals surface area contributed by atoms with Gasteiger partial charge in [-0.25, -0.2) is 0 Å². The molecule has 0 bridgehead atoms. The second-order valence-electron chi connectivity index (χ2n) is 22.1. The van der Waals surface area contributed by atoms with Crippen molar-refractivity contribution >= 4 is 51.2 Å². The monoisotopic (exact) mass is 1310 g/mol. The molecule has 0 fully saturated rings. The summed E-state index contributed by atoms with van der Waals surface area (Å²) in [6.45, 7) is 8.96. The zero-order valence-electron chi connectivity index (χ0n) is 51.3. The zero-order chi connectivity index (χ0) is 58.5. The van der Waals surface area contributed by atoms with E-state index in [2.05, 4.69) is 27.7 Å². The number of carbonyl (C=O) groups excluding carboxylic acids is 4. The van der Waals surface area contributed by atoms with Crippen LogP contribution in [0.5, 0.6) is 0 Å². The zero-order valence-corrected chi connectivity index (χ0v) is 55.2. The Morgan fingerprint density at radius 3 is 0.519 bits per heavy atom. The molecule has 0 aliphatic rings. The van der Waals surface area contributed by atoms with Gasteiger partial charge in [-0.05, 0) is 73.6 Å². The third-order valence-corrected chi connectivity index (χ3v) is 15.1. The normalized spacial score (nSPS) is 10.5. The summed E-state index contributed by atoms with van der Waals surface area (Å²) in [5.41, 5.74) is 5.06. The largest absolute Gasteiger partial charge is 0.545 e. The average Bonchev–Trinajstić information content (AvgIpc) is 3.46. The average molecular weight is 1310 g/mol. The van der Waals surface area contributed by atoms with E-state index in [0.29, 0.717) is 22.3 Å². The van der Waals surface area contributed by atoms with E-state index in [0.717, 1.165) is 73.6 Å². The number of carboxylic acid groups (broad SMARTS) is 4. The molecule has 4 rings (SSSR count). The van der Waals surface area contributed by atoms with Crippen molar-refractivity contribution in [3.05, 3.63) is 142 Å². The first-order valence-corrected chi connectivity index (χ1v) is 32.2. The van der Waals surface area contributed by atoms with Crippen LogP contribution in [0.2, 0.25) is 0 Å². The number of carboxylic acids is 4. The first-order valence-electron chi connectivity index (χ1n) is 32.2. The third kappa shape index (κ3) is 41.4. The summed E-state index contributed by atoms with van der Waals surface area (Å²) in [7, 11) is 0. The minimum absolute atomic E-state index is 0. The fourth-order valence-electron chi connectivity index (χ4n) is 10.3. The Bertz CT molecular complexity index is 1850. The van der Waals surface area contributed by atoms with E-state index in [4.69, 9.17) is 0 Å².